The number of para-hydroxylation sites is 1. The molecule has 0 unspecified atom stereocenters. The van der Waals surface area contributed by atoms with E-state index < -0.39 is 18.1 Å². The third-order valence-corrected chi connectivity index (χ3v) is 3.75. The molecule has 3 N–H and O–H groups in total. The molecule has 2 aromatic rings. The van der Waals surface area contributed by atoms with Gasteiger partial charge in [0.1, 0.15) is 6.04 Å². The van der Waals surface area contributed by atoms with Gasteiger partial charge in [0.05, 0.1) is 23.7 Å². The van der Waals surface area contributed by atoms with Crippen LogP contribution in [0.4, 0.5) is 0 Å². The van der Waals surface area contributed by atoms with Crippen LogP contribution < -0.4 is 0 Å². The number of amides is 1. The predicted molar refractivity (Wildman–Crippen MR) is 73.6 cm³/mol. The summed E-state index contributed by atoms with van der Waals surface area (Å²) in [5.74, 6) is -1.41. The second-order valence-corrected chi connectivity index (χ2v) is 5.19. The molecule has 1 fully saturated rings. The van der Waals surface area contributed by atoms with Gasteiger partial charge < -0.3 is 15.1 Å². The molecular weight excluding hydrogens is 274 g/mol. The zero-order chi connectivity index (χ0) is 15.0. The summed E-state index contributed by atoms with van der Waals surface area (Å²) in [5.41, 5.74) is 1.41. The van der Waals surface area contributed by atoms with Crippen LogP contribution in [0.3, 0.4) is 0 Å². The van der Waals surface area contributed by atoms with Crippen molar-refractivity contribution in [3.8, 4) is 0 Å². The first-order valence-corrected chi connectivity index (χ1v) is 6.68. The highest BCUT2D eigenvalue weighted by Crippen LogP contribution is 2.21. The van der Waals surface area contributed by atoms with Crippen molar-refractivity contribution in [1.82, 2.24) is 15.1 Å². The monoisotopic (exact) mass is 289 g/mol. The van der Waals surface area contributed by atoms with E-state index in [9.17, 15) is 14.7 Å². The van der Waals surface area contributed by atoms with E-state index in [1.807, 2.05) is 24.3 Å². The highest BCUT2D eigenvalue weighted by molar-refractivity contribution is 5.89. The van der Waals surface area contributed by atoms with Crippen molar-refractivity contribution < 1.29 is 19.8 Å². The van der Waals surface area contributed by atoms with E-state index in [1.54, 1.807) is 0 Å². The van der Waals surface area contributed by atoms with Gasteiger partial charge in [0.25, 0.3) is 0 Å². The van der Waals surface area contributed by atoms with Crippen LogP contribution in [-0.2, 0) is 16.0 Å². The van der Waals surface area contributed by atoms with Gasteiger partial charge in [-0.25, -0.2) is 4.79 Å². The average Bonchev–Trinajstić information content (AvgIpc) is 3.03. The summed E-state index contributed by atoms with van der Waals surface area (Å²) in [4.78, 5) is 24.7. The number of carboxylic acids is 1. The Balaban J connectivity index is 1.81. The van der Waals surface area contributed by atoms with Crippen molar-refractivity contribution in [2.75, 3.05) is 6.54 Å². The lowest BCUT2D eigenvalue weighted by Gasteiger charge is -2.20. The first kappa shape index (κ1) is 13.6. The summed E-state index contributed by atoms with van der Waals surface area (Å²) in [6, 6.07) is 6.44. The van der Waals surface area contributed by atoms with Crippen LogP contribution in [0.5, 0.6) is 0 Å². The molecule has 1 amide bonds. The number of carbonyl (C=O) groups is 2. The molecule has 0 bridgehead atoms. The van der Waals surface area contributed by atoms with Crippen molar-refractivity contribution in [2.24, 2.45) is 0 Å². The number of aliphatic carboxylic acids is 1. The fourth-order valence-electron chi connectivity index (χ4n) is 2.73. The standard InChI is InChI=1S/C14H15N3O4/c18-8-5-12(14(20)21)17(7-8)13(19)6-11-9-3-1-2-4-10(9)15-16-11/h1-4,8,12,18H,5-7H2,(H,15,16)(H,20,21)/t8-,12+/m1/s1. The zero-order valence-corrected chi connectivity index (χ0v) is 11.2. The molecule has 1 aliphatic heterocycles. The van der Waals surface area contributed by atoms with E-state index in [0.29, 0.717) is 5.69 Å². The number of β-amino-alcohol motifs (C(OH)–C–C–N with tert-alkyl or cyclic N) is 1. The second-order valence-electron chi connectivity index (χ2n) is 5.19. The molecule has 1 saturated heterocycles. The minimum absolute atomic E-state index is 0.0387. The van der Waals surface area contributed by atoms with Crippen LogP contribution in [0.2, 0.25) is 0 Å². The van der Waals surface area contributed by atoms with E-state index in [1.165, 1.54) is 4.90 Å². The number of rotatable bonds is 3. The molecule has 0 spiro atoms. The summed E-state index contributed by atoms with van der Waals surface area (Å²) >= 11 is 0. The summed E-state index contributed by atoms with van der Waals surface area (Å²) in [6.45, 7) is 0.0574. The maximum absolute atomic E-state index is 12.3. The predicted octanol–water partition coefficient (Wildman–Crippen LogP) is 0.152. The molecular formula is C14H15N3O4. The van der Waals surface area contributed by atoms with Gasteiger partial charge in [0.15, 0.2) is 0 Å². The number of aromatic amines is 1. The molecule has 2 heterocycles. The van der Waals surface area contributed by atoms with Gasteiger partial charge in [0.2, 0.25) is 5.91 Å². The molecule has 7 nitrogen and oxygen atoms in total. The Morgan fingerprint density at radius 1 is 1.38 bits per heavy atom. The quantitative estimate of drug-likeness (QED) is 0.746. The number of nitrogens with zero attached hydrogens (tertiary/aromatic N) is 2. The highest BCUT2D eigenvalue weighted by atomic mass is 16.4. The van der Waals surface area contributed by atoms with Crippen molar-refractivity contribution in [3.63, 3.8) is 0 Å². The second kappa shape index (κ2) is 5.17. The smallest absolute Gasteiger partial charge is 0.326 e. The van der Waals surface area contributed by atoms with Gasteiger partial charge in [-0.15, -0.1) is 0 Å². The van der Waals surface area contributed by atoms with Crippen LogP contribution in [0, 0.1) is 0 Å². The van der Waals surface area contributed by atoms with E-state index in [0.717, 1.165) is 10.9 Å². The number of nitrogens with one attached hydrogen (secondary N) is 1. The van der Waals surface area contributed by atoms with Crippen LogP contribution >= 0.6 is 0 Å². The van der Waals surface area contributed by atoms with E-state index >= 15 is 0 Å². The third-order valence-electron chi connectivity index (χ3n) is 3.75. The molecule has 1 aromatic heterocycles. The van der Waals surface area contributed by atoms with Gasteiger partial charge in [-0.1, -0.05) is 18.2 Å². The lowest BCUT2D eigenvalue weighted by atomic mass is 10.1. The fraction of sp³-hybridized carbons (Fsp3) is 0.357. The van der Waals surface area contributed by atoms with E-state index in [2.05, 4.69) is 10.2 Å². The number of hydrogen-bond donors (Lipinski definition) is 3. The molecule has 21 heavy (non-hydrogen) atoms. The molecule has 1 aromatic carbocycles. The molecule has 110 valence electrons. The molecule has 3 rings (SSSR count). The Kier molecular flexibility index (Phi) is 3.34. The number of benzene rings is 1. The minimum atomic E-state index is -1.09. The number of aliphatic hydroxyl groups is 1. The number of aromatic nitrogens is 2. The van der Waals surface area contributed by atoms with Crippen LogP contribution in [0.25, 0.3) is 10.9 Å². The van der Waals surface area contributed by atoms with Gasteiger partial charge in [-0.3, -0.25) is 9.89 Å². The van der Waals surface area contributed by atoms with Crippen LogP contribution in [0.15, 0.2) is 24.3 Å². The number of fused-ring (bicyclic) bond motifs is 1. The topological polar surface area (TPSA) is 107 Å². The Hall–Kier alpha value is -2.41. The largest absolute Gasteiger partial charge is 0.480 e. The average molecular weight is 289 g/mol. The number of hydrogen-bond acceptors (Lipinski definition) is 4. The molecule has 2 atom stereocenters. The Morgan fingerprint density at radius 2 is 2.14 bits per heavy atom. The summed E-state index contributed by atoms with van der Waals surface area (Å²) < 4.78 is 0. The maximum atomic E-state index is 12.3. The highest BCUT2D eigenvalue weighted by Gasteiger charge is 2.38. The van der Waals surface area contributed by atoms with Gasteiger partial charge in [0, 0.05) is 18.4 Å². The van der Waals surface area contributed by atoms with Gasteiger partial charge >= 0.3 is 5.97 Å². The zero-order valence-electron chi connectivity index (χ0n) is 11.2. The van der Waals surface area contributed by atoms with Crippen molar-refractivity contribution in [2.45, 2.75) is 25.0 Å². The number of carboxylic acid groups (broad SMARTS) is 1. The maximum Gasteiger partial charge on any atom is 0.326 e. The lowest BCUT2D eigenvalue weighted by Crippen LogP contribution is -2.41. The first-order valence-electron chi connectivity index (χ1n) is 6.68. The molecule has 0 saturated carbocycles. The molecule has 0 radical (unpaired) electrons. The van der Waals surface area contributed by atoms with Gasteiger partial charge in [-0.2, -0.15) is 5.10 Å². The van der Waals surface area contributed by atoms with E-state index in [4.69, 9.17) is 5.11 Å². The Morgan fingerprint density at radius 3 is 2.90 bits per heavy atom. The normalized spacial score (nSPS) is 21.9. The first-order chi connectivity index (χ1) is 10.1. The SMILES string of the molecule is O=C(O)[C@@H]1C[C@@H](O)CN1C(=O)Cc1[nH]nc2ccccc12. The van der Waals surface area contributed by atoms with Crippen LogP contribution in [-0.4, -0.2) is 55.9 Å². The van der Waals surface area contributed by atoms with Crippen molar-refractivity contribution in [1.29, 1.82) is 0 Å². The molecule has 1 aliphatic rings. The summed E-state index contributed by atoms with van der Waals surface area (Å²) in [6.07, 6.45) is -0.671. The third kappa shape index (κ3) is 2.47. The Labute approximate surface area is 120 Å². The lowest BCUT2D eigenvalue weighted by molar-refractivity contribution is -0.148. The minimum Gasteiger partial charge on any atom is -0.480 e. The fourth-order valence-corrected chi connectivity index (χ4v) is 2.73. The Bertz CT molecular complexity index is 696. The number of H-pyrrole nitrogens is 1. The molecule has 0 aliphatic carbocycles. The number of carbonyl (C=O) groups excluding carboxylic acids is 1. The van der Waals surface area contributed by atoms with Crippen molar-refractivity contribution in [3.05, 3.63) is 30.0 Å². The molecule has 7 heteroatoms. The summed E-state index contributed by atoms with van der Waals surface area (Å²) in [7, 11) is 0. The number of likely N-dealkylation sites (tertiary alicyclic amines) is 1. The van der Waals surface area contributed by atoms with Crippen molar-refractivity contribution >= 4 is 22.8 Å². The number of aliphatic hydroxyl groups excluding tert-OH is 1. The summed E-state index contributed by atoms with van der Waals surface area (Å²) in [5, 5.41) is 26.5. The van der Waals surface area contributed by atoms with Crippen LogP contribution in [0.1, 0.15) is 12.1 Å². The van der Waals surface area contributed by atoms with Gasteiger partial charge in [-0.05, 0) is 6.07 Å². The van der Waals surface area contributed by atoms with E-state index in [-0.39, 0.29) is 25.3 Å².